The lowest BCUT2D eigenvalue weighted by atomic mass is 9.98. The van der Waals surface area contributed by atoms with Gasteiger partial charge in [-0.2, -0.15) is 0 Å². The van der Waals surface area contributed by atoms with E-state index >= 15 is 0 Å². The Morgan fingerprint density at radius 1 is 1.22 bits per heavy atom. The van der Waals surface area contributed by atoms with Crippen molar-refractivity contribution in [3.63, 3.8) is 0 Å². The molecule has 2 amide bonds. The fourth-order valence-electron chi connectivity index (χ4n) is 3.86. The van der Waals surface area contributed by atoms with Crippen molar-refractivity contribution >= 4 is 17.5 Å². The molecule has 0 N–H and O–H groups in total. The minimum absolute atomic E-state index is 0.0698. The third kappa shape index (κ3) is 3.26. The smallest absolute Gasteiger partial charge is 0.228 e. The maximum Gasteiger partial charge on any atom is 0.228 e. The van der Waals surface area contributed by atoms with Gasteiger partial charge >= 0.3 is 0 Å². The summed E-state index contributed by atoms with van der Waals surface area (Å²) in [6.07, 6.45) is 2.62. The van der Waals surface area contributed by atoms with Gasteiger partial charge in [0.1, 0.15) is 0 Å². The molecule has 2 aliphatic heterocycles. The molecule has 0 saturated carbocycles. The van der Waals surface area contributed by atoms with Crippen LogP contribution in [0.3, 0.4) is 0 Å². The molecule has 2 heterocycles. The topological polar surface area (TPSA) is 40.6 Å². The van der Waals surface area contributed by atoms with Crippen LogP contribution in [0.2, 0.25) is 0 Å². The summed E-state index contributed by atoms with van der Waals surface area (Å²) in [6.45, 7) is 8.47. The highest BCUT2D eigenvalue weighted by molar-refractivity contribution is 6.00. The average Bonchev–Trinajstić information content (AvgIpc) is 2.88. The minimum atomic E-state index is -0.187. The van der Waals surface area contributed by atoms with E-state index in [9.17, 15) is 9.59 Å². The van der Waals surface area contributed by atoms with Crippen molar-refractivity contribution in [2.45, 2.75) is 40.0 Å². The standard InChI is InChI=1S/C19H26N2O2/c1-13-6-7-17(15(3)9-13)21-12-16(10-18(21)22)19(23)20-8-4-5-14(2)11-20/h6-7,9,14,16H,4-5,8,10-12H2,1-3H3/t14-,16-/m1/s1. The van der Waals surface area contributed by atoms with E-state index in [1.165, 1.54) is 12.0 Å². The number of nitrogens with zero attached hydrogens (tertiary/aromatic N) is 2. The minimum Gasteiger partial charge on any atom is -0.342 e. The van der Waals surface area contributed by atoms with Gasteiger partial charge in [0.2, 0.25) is 11.8 Å². The zero-order valence-electron chi connectivity index (χ0n) is 14.3. The molecule has 0 radical (unpaired) electrons. The van der Waals surface area contributed by atoms with E-state index in [0.717, 1.165) is 30.8 Å². The molecule has 3 rings (SSSR count). The molecule has 2 saturated heterocycles. The summed E-state index contributed by atoms with van der Waals surface area (Å²) in [5, 5.41) is 0. The monoisotopic (exact) mass is 314 g/mol. The molecule has 0 spiro atoms. The Bertz CT molecular complexity index is 626. The number of hydrogen-bond donors (Lipinski definition) is 0. The number of amides is 2. The molecular formula is C19H26N2O2. The molecule has 2 atom stereocenters. The Morgan fingerprint density at radius 3 is 2.70 bits per heavy atom. The van der Waals surface area contributed by atoms with Crippen LogP contribution in [0.15, 0.2) is 18.2 Å². The summed E-state index contributed by atoms with van der Waals surface area (Å²) in [5.74, 6) is 0.617. The number of carbonyl (C=O) groups is 2. The first kappa shape index (κ1) is 16.0. The van der Waals surface area contributed by atoms with Gasteiger partial charge in [0.15, 0.2) is 0 Å². The molecule has 0 unspecified atom stereocenters. The maximum atomic E-state index is 12.8. The summed E-state index contributed by atoms with van der Waals surface area (Å²) < 4.78 is 0. The van der Waals surface area contributed by atoms with E-state index < -0.39 is 0 Å². The van der Waals surface area contributed by atoms with E-state index in [-0.39, 0.29) is 17.7 Å². The third-order valence-corrected chi connectivity index (χ3v) is 5.09. The number of likely N-dealkylation sites (tertiary alicyclic amines) is 1. The second-order valence-corrected chi connectivity index (χ2v) is 7.23. The van der Waals surface area contributed by atoms with Gasteiger partial charge in [-0.05, 0) is 44.2 Å². The zero-order chi connectivity index (χ0) is 16.6. The van der Waals surface area contributed by atoms with Crippen LogP contribution < -0.4 is 4.90 Å². The van der Waals surface area contributed by atoms with Crippen molar-refractivity contribution in [2.24, 2.45) is 11.8 Å². The predicted octanol–water partition coefficient (Wildman–Crippen LogP) is 2.91. The van der Waals surface area contributed by atoms with Crippen molar-refractivity contribution in [1.29, 1.82) is 0 Å². The van der Waals surface area contributed by atoms with Gasteiger partial charge in [-0.1, -0.05) is 24.6 Å². The van der Waals surface area contributed by atoms with Crippen LogP contribution in [0, 0.1) is 25.7 Å². The first-order chi connectivity index (χ1) is 11.0. The molecule has 2 fully saturated rings. The van der Waals surface area contributed by atoms with Crippen molar-refractivity contribution in [3.05, 3.63) is 29.3 Å². The highest BCUT2D eigenvalue weighted by Gasteiger charge is 2.38. The Balaban J connectivity index is 1.73. The molecule has 4 nitrogen and oxygen atoms in total. The fraction of sp³-hybridized carbons (Fsp3) is 0.579. The van der Waals surface area contributed by atoms with Gasteiger partial charge in [0.25, 0.3) is 0 Å². The summed E-state index contributed by atoms with van der Waals surface area (Å²) >= 11 is 0. The van der Waals surface area contributed by atoms with Crippen LogP contribution in [0.4, 0.5) is 5.69 Å². The van der Waals surface area contributed by atoms with E-state index in [2.05, 4.69) is 13.0 Å². The summed E-state index contributed by atoms with van der Waals surface area (Å²) in [5.41, 5.74) is 3.23. The SMILES string of the molecule is Cc1ccc(N2C[C@H](C(=O)N3CCC[C@@H](C)C3)CC2=O)c(C)c1. The second kappa shape index (κ2) is 6.34. The predicted molar refractivity (Wildman–Crippen MR) is 91.4 cm³/mol. The summed E-state index contributed by atoms with van der Waals surface area (Å²) in [6, 6.07) is 6.11. The molecule has 0 aromatic heterocycles. The number of piperidine rings is 1. The third-order valence-electron chi connectivity index (χ3n) is 5.09. The number of rotatable bonds is 2. The van der Waals surface area contributed by atoms with Crippen molar-refractivity contribution < 1.29 is 9.59 Å². The molecule has 0 bridgehead atoms. The molecule has 124 valence electrons. The van der Waals surface area contributed by atoms with Gasteiger partial charge in [-0.15, -0.1) is 0 Å². The lowest BCUT2D eigenvalue weighted by Gasteiger charge is -2.32. The van der Waals surface area contributed by atoms with Crippen LogP contribution in [0.25, 0.3) is 0 Å². The van der Waals surface area contributed by atoms with Crippen molar-refractivity contribution in [3.8, 4) is 0 Å². The van der Waals surface area contributed by atoms with Gasteiger partial charge in [-0.25, -0.2) is 0 Å². The van der Waals surface area contributed by atoms with E-state index in [1.807, 2.05) is 30.9 Å². The van der Waals surface area contributed by atoms with E-state index in [4.69, 9.17) is 0 Å². The van der Waals surface area contributed by atoms with Gasteiger partial charge in [0.05, 0.1) is 5.92 Å². The van der Waals surface area contributed by atoms with Crippen LogP contribution in [0.1, 0.15) is 37.3 Å². The zero-order valence-corrected chi connectivity index (χ0v) is 14.3. The fourth-order valence-corrected chi connectivity index (χ4v) is 3.86. The largest absolute Gasteiger partial charge is 0.342 e. The van der Waals surface area contributed by atoms with Gasteiger partial charge in [0, 0.05) is 31.7 Å². The van der Waals surface area contributed by atoms with Gasteiger partial charge in [-0.3, -0.25) is 9.59 Å². The summed E-state index contributed by atoms with van der Waals surface area (Å²) in [7, 11) is 0. The number of aryl methyl sites for hydroxylation is 2. The van der Waals surface area contributed by atoms with E-state index in [1.54, 1.807) is 4.90 Å². The highest BCUT2D eigenvalue weighted by Crippen LogP contribution is 2.30. The first-order valence-corrected chi connectivity index (χ1v) is 8.62. The second-order valence-electron chi connectivity index (χ2n) is 7.23. The number of hydrogen-bond acceptors (Lipinski definition) is 2. The van der Waals surface area contributed by atoms with Crippen LogP contribution in [-0.4, -0.2) is 36.3 Å². The molecule has 1 aromatic rings. The quantitative estimate of drug-likeness (QED) is 0.842. The number of carbonyl (C=O) groups excluding carboxylic acids is 2. The van der Waals surface area contributed by atoms with Crippen molar-refractivity contribution in [1.82, 2.24) is 4.90 Å². The Hall–Kier alpha value is -1.84. The Kier molecular flexibility index (Phi) is 4.42. The molecular weight excluding hydrogens is 288 g/mol. The number of benzene rings is 1. The molecule has 23 heavy (non-hydrogen) atoms. The number of anilines is 1. The lowest BCUT2D eigenvalue weighted by molar-refractivity contribution is -0.137. The van der Waals surface area contributed by atoms with Crippen LogP contribution in [0.5, 0.6) is 0 Å². The Morgan fingerprint density at radius 2 is 2.00 bits per heavy atom. The van der Waals surface area contributed by atoms with Gasteiger partial charge < -0.3 is 9.80 Å². The van der Waals surface area contributed by atoms with Crippen LogP contribution in [-0.2, 0) is 9.59 Å². The first-order valence-electron chi connectivity index (χ1n) is 8.62. The molecule has 1 aromatic carbocycles. The maximum absolute atomic E-state index is 12.8. The van der Waals surface area contributed by atoms with E-state index in [0.29, 0.717) is 18.9 Å². The normalized spacial score (nSPS) is 25.1. The molecule has 0 aliphatic carbocycles. The van der Waals surface area contributed by atoms with Crippen molar-refractivity contribution in [2.75, 3.05) is 24.5 Å². The lowest BCUT2D eigenvalue weighted by Crippen LogP contribution is -2.43. The average molecular weight is 314 g/mol. The molecule has 4 heteroatoms. The Labute approximate surface area is 138 Å². The van der Waals surface area contributed by atoms with Crippen LogP contribution >= 0.6 is 0 Å². The highest BCUT2D eigenvalue weighted by atomic mass is 16.2. The molecule has 2 aliphatic rings. The summed E-state index contributed by atoms with van der Waals surface area (Å²) in [4.78, 5) is 28.9.